The van der Waals surface area contributed by atoms with Crippen molar-refractivity contribution in [2.75, 3.05) is 6.54 Å². The number of aromatic nitrogens is 3. The fourth-order valence-electron chi connectivity index (χ4n) is 2.72. The highest BCUT2D eigenvalue weighted by Crippen LogP contribution is 2.48. The Kier molecular flexibility index (Phi) is 4.62. The zero-order valence-electron chi connectivity index (χ0n) is 13.8. The molecule has 1 amide bonds. The maximum Gasteiger partial charge on any atom is 0.416 e. The molecule has 144 valence electrons. The van der Waals surface area contributed by atoms with E-state index in [1.807, 2.05) is 0 Å². The lowest BCUT2D eigenvalue weighted by molar-refractivity contribution is -0.137. The van der Waals surface area contributed by atoms with Gasteiger partial charge in [-0.25, -0.2) is 13.9 Å². The first kappa shape index (κ1) is 18.8. The molecule has 1 heterocycles. The number of carbonyl (C=O) groups excluding carboxylic acids is 1. The summed E-state index contributed by atoms with van der Waals surface area (Å²) >= 11 is 0. The van der Waals surface area contributed by atoms with Gasteiger partial charge in [0.25, 0.3) is 0 Å². The number of benzene rings is 1. The number of hydrogen-bond acceptors (Lipinski definition) is 4. The van der Waals surface area contributed by atoms with Crippen molar-refractivity contribution in [3.8, 4) is 0 Å². The van der Waals surface area contributed by atoms with Crippen LogP contribution in [0.4, 0.5) is 17.6 Å². The Morgan fingerprint density at radius 3 is 2.52 bits per heavy atom. The standard InChI is InChI=1S/C16H14F4N4O3/c17-11-4-9(3-10(5-11)16(18,19)20)15(1-2-15)8-21-13(25)7-24-6-12(14(26)27)22-23-24/h3-6H,1-2,7-8H2,(H,21,25)(H,26,27). The van der Waals surface area contributed by atoms with Crippen molar-refractivity contribution in [3.05, 3.63) is 47.0 Å². The van der Waals surface area contributed by atoms with Crippen molar-refractivity contribution < 1.29 is 32.3 Å². The number of carboxylic acid groups (broad SMARTS) is 1. The summed E-state index contributed by atoms with van der Waals surface area (Å²) in [6, 6.07) is 2.38. The molecule has 0 aliphatic heterocycles. The molecule has 2 N–H and O–H groups in total. The lowest BCUT2D eigenvalue weighted by Crippen LogP contribution is -2.34. The normalized spacial score (nSPS) is 15.4. The van der Waals surface area contributed by atoms with Crippen molar-refractivity contribution in [3.63, 3.8) is 0 Å². The molecule has 1 aromatic heterocycles. The molecule has 1 aromatic carbocycles. The van der Waals surface area contributed by atoms with Gasteiger partial charge in [0.05, 0.1) is 11.8 Å². The van der Waals surface area contributed by atoms with Crippen molar-refractivity contribution in [2.24, 2.45) is 0 Å². The van der Waals surface area contributed by atoms with E-state index in [4.69, 9.17) is 5.11 Å². The number of amides is 1. The van der Waals surface area contributed by atoms with Crippen LogP contribution in [0.25, 0.3) is 0 Å². The highest BCUT2D eigenvalue weighted by molar-refractivity contribution is 5.84. The second-order valence-corrected chi connectivity index (χ2v) is 6.39. The molecule has 2 aromatic rings. The van der Waals surface area contributed by atoms with E-state index in [0.717, 1.165) is 23.0 Å². The Labute approximate surface area is 150 Å². The zero-order valence-corrected chi connectivity index (χ0v) is 13.8. The second kappa shape index (κ2) is 6.63. The molecule has 0 bridgehead atoms. The number of rotatable bonds is 6. The Hall–Kier alpha value is -2.98. The van der Waals surface area contributed by atoms with Gasteiger partial charge in [-0.1, -0.05) is 5.21 Å². The molecule has 1 aliphatic rings. The number of halogens is 4. The van der Waals surface area contributed by atoms with Crippen molar-refractivity contribution in [1.82, 2.24) is 20.3 Å². The molecule has 11 heteroatoms. The number of carboxylic acids is 1. The van der Waals surface area contributed by atoms with Crippen LogP contribution in [0, 0.1) is 5.82 Å². The molecule has 7 nitrogen and oxygen atoms in total. The summed E-state index contributed by atoms with van der Waals surface area (Å²) in [7, 11) is 0. The summed E-state index contributed by atoms with van der Waals surface area (Å²) in [6.45, 7) is -0.264. The topological polar surface area (TPSA) is 97.1 Å². The van der Waals surface area contributed by atoms with Crippen LogP contribution in [0.15, 0.2) is 24.4 Å². The first-order valence-corrected chi connectivity index (χ1v) is 7.87. The second-order valence-electron chi connectivity index (χ2n) is 6.39. The van der Waals surface area contributed by atoms with Crippen LogP contribution in [0.3, 0.4) is 0 Å². The van der Waals surface area contributed by atoms with E-state index >= 15 is 0 Å². The van der Waals surface area contributed by atoms with E-state index in [9.17, 15) is 27.2 Å². The van der Waals surface area contributed by atoms with E-state index in [0.29, 0.717) is 18.9 Å². The third kappa shape index (κ3) is 4.23. The molecule has 1 fully saturated rings. The number of aromatic carboxylic acids is 1. The first-order valence-electron chi connectivity index (χ1n) is 7.87. The number of nitrogens with one attached hydrogen (secondary N) is 1. The fraction of sp³-hybridized carbons (Fsp3) is 0.375. The smallest absolute Gasteiger partial charge is 0.416 e. The summed E-state index contributed by atoms with van der Waals surface area (Å²) in [5, 5.41) is 18.2. The average molecular weight is 386 g/mol. The predicted octanol–water partition coefficient (Wildman–Crippen LogP) is 1.98. The van der Waals surface area contributed by atoms with Gasteiger partial charge in [-0.3, -0.25) is 4.79 Å². The summed E-state index contributed by atoms with van der Waals surface area (Å²) < 4.78 is 53.3. The van der Waals surface area contributed by atoms with Gasteiger partial charge in [-0.05, 0) is 36.6 Å². The third-order valence-electron chi connectivity index (χ3n) is 4.38. The number of nitrogens with zero attached hydrogens (tertiary/aromatic N) is 3. The van der Waals surface area contributed by atoms with Gasteiger partial charge < -0.3 is 10.4 Å². The van der Waals surface area contributed by atoms with Crippen molar-refractivity contribution in [1.29, 1.82) is 0 Å². The number of alkyl halides is 3. The highest BCUT2D eigenvalue weighted by atomic mass is 19.4. The van der Waals surface area contributed by atoms with E-state index in [1.165, 1.54) is 0 Å². The van der Waals surface area contributed by atoms with Crippen LogP contribution in [-0.4, -0.2) is 38.5 Å². The lowest BCUT2D eigenvalue weighted by atomic mass is 9.94. The van der Waals surface area contributed by atoms with Crippen LogP contribution < -0.4 is 5.32 Å². The zero-order chi connectivity index (χ0) is 19.8. The van der Waals surface area contributed by atoms with Gasteiger partial charge in [0.1, 0.15) is 12.4 Å². The quantitative estimate of drug-likeness (QED) is 0.740. The largest absolute Gasteiger partial charge is 0.476 e. The SMILES string of the molecule is O=C(Cn1cc(C(=O)O)nn1)NCC1(c2cc(F)cc(C(F)(F)F)c2)CC1. The Bertz CT molecular complexity index is 890. The Morgan fingerprint density at radius 1 is 1.26 bits per heavy atom. The number of hydrogen-bond donors (Lipinski definition) is 2. The van der Waals surface area contributed by atoms with Crippen molar-refractivity contribution in [2.45, 2.75) is 31.0 Å². The summed E-state index contributed by atoms with van der Waals surface area (Å²) in [5.74, 6) is -2.79. The molecule has 0 spiro atoms. The maximum atomic E-state index is 13.6. The van der Waals surface area contributed by atoms with Crippen LogP contribution in [0.1, 0.15) is 34.5 Å². The van der Waals surface area contributed by atoms with Gasteiger partial charge >= 0.3 is 12.1 Å². The van der Waals surface area contributed by atoms with Gasteiger partial charge in [0, 0.05) is 12.0 Å². The molecule has 0 saturated heterocycles. The van der Waals surface area contributed by atoms with Crippen LogP contribution >= 0.6 is 0 Å². The molecule has 0 atom stereocenters. The van der Waals surface area contributed by atoms with Gasteiger partial charge in [0.2, 0.25) is 5.91 Å². The Morgan fingerprint density at radius 2 is 1.96 bits per heavy atom. The van der Waals surface area contributed by atoms with Gasteiger partial charge in [0.15, 0.2) is 5.69 Å². The van der Waals surface area contributed by atoms with Crippen LogP contribution in [0.2, 0.25) is 0 Å². The van der Waals surface area contributed by atoms with Crippen molar-refractivity contribution >= 4 is 11.9 Å². The average Bonchev–Trinajstić information content (AvgIpc) is 3.23. The van der Waals surface area contributed by atoms with E-state index in [2.05, 4.69) is 15.6 Å². The molecule has 1 saturated carbocycles. The molecule has 0 radical (unpaired) electrons. The summed E-state index contributed by atoms with van der Waals surface area (Å²) in [6.07, 6.45) is -2.55. The highest BCUT2D eigenvalue weighted by Gasteiger charge is 2.45. The molecule has 0 unspecified atom stereocenters. The monoisotopic (exact) mass is 386 g/mol. The summed E-state index contributed by atoms with van der Waals surface area (Å²) in [4.78, 5) is 22.7. The predicted molar refractivity (Wildman–Crippen MR) is 82.3 cm³/mol. The van der Waals surface area contributed by atoms with Gasteiger partial charge in [-0.2, -0.15) is 13.2 Å². The van der Waals surface area contributed by atoms with E-state index in [1.54, 1.807) is 0 Å². The fourth-order valence-corrected chi connectivity index (χ4v) is 2.72. The maximum absolute atomic E-state index is 13.6. The molecular formula is C16H14F4N4O3. The molecular weight excluding hydrogens is 372 g/mol. The first-order chi connectivity index (χ1) is 12.6. The van der Waals surface area contributed by atoms with Crippen LogP contribution in [0.5, 0.6) is 0 Å². The van der Waals surface area contributed by atoms with Gasteiger partial charge in [-0.15, -0.1) is 5.10 Å². The minimum absolute atomic E-state index is 0.0348. The van der Waals surface area contributed by atoms with Crippen LogP contribution in [-0.2, 0) is 22.9 Å². The van der Waals surface area contributed by atoms with E-state index < -0.39 is 34.8 Å². The molecule has 27 heavy (non-hydrogen) atoms. The van der Waals surface area contributed by atoms with E-state index in [-0.39, 0.29) is 24.3 Å². The lowest BCUT2D eigenvalue weighted by Gasteiger charge is -2.18. The Balaban J connectivity index is 1.66. The minimum Gasteiger partial charge on any atom is -0.476 e. The number of carbonyl (C=O) groups is 2. The molecule has 1 aliphatic carbocycles. The third-order valence-corrected chi connectivity index (χ3v) is 4.38. The minimum atomic E-state index is -4.66. The summed E-state index contributed by atoms with van der Waals surface area (Å²) in [5.41, 5.74) is -1.95. The molecule has 3 rings (SSSR count).